The van der Waals surface area contributed by atoms with Gasteiger partial charge in [0.25, 0.3) is 0 Å². The third-order valence-corrected chi connectivity index (χ3v) is 0.833. The smallest absolute Gasteiger partial charge is 0.0258 e. The molecule has 0 saturated heterocycles. The van der Waals surface area contributed by atoms with Gasteiger partial charge in [0.05, 0.1) is 0 Å². The van der Waals surface area contributed by atoms with E-state index in [1.54, 1.807) is 0 Å². The summed E-state index contributed by atoms with van der Waals surface area (Å²) in [5.74, 6) is 0. The lowest BCUT2D eigenvalue weighted by atomic mass is 10.5. The Balaban J connectivity index is 2.83. The highest BCUT2D eigenvalue weighted by Crippen LogP contribution is 1.95. The van der Waals surface area contributed by atoms with E-state index in [1.165, 1.54) is 0 Å². The Labute approximate surface area is 46.4 Å². The van der Waals surface area contributed by atoms with Crippen LogP contribution < -0.4 is 0 Å². The highest BCUT2D eigenvalue weighted by atomic mass is 127. The van der Waals surface area contributed by atoms with Gasteiger partial charge in [-0.1, -0.05) is 28.7 Å². The molecule has 0 spiro atoms. The first-order valence-corrected chi connectivity index (χ1v) is 2.78. The molecule has 0 radical (unpaired) electrons. The molecule has 0 fully saturated rings. The SMILES string of the molecule is C=C[C@@H](C)I. The molecule has 0 rings (SSSR count). The summed E-state index contributed by atoms with van der Waals surface area (Å²) in [5.41, 5.74) is 0. The minimum absolute atomic E-state index is 0.618. The van der Waals surface area contributed by atoms with E-state index in [-0.39, 0.29) is 0 Å². The van der Waals surface area contributed by atoms with Crippen LogP contribution >= 0.6 is 22.6 Å². The fourth-order valence-electron chi connectivity index (χ4n) is 0. The summed E-state index contributed by atoms with van der Waals surface area (Å²) in [5, 5.41) is 0. The van der Waals surface area contributed by atoms with Gasteiger partial charge in [0.2, 0.25) is 0 Å². The van der Waals surface area contributed by atoms with Crippen molar-refractivity contribution in [2.24, 2.45) is 0 Å². The first-order chi connectivity index (χ1) is 2.27. The van der Waals surface area contributed by atoms with Gasteiger partial charge in [0, 0.05) is 3.92 Å². The topological polar surface area (TPSA) is 0 Å². The molecule has 0 aromatic heterocycles. The van der Waals surface area contributed by atoms with Crippen molar-refractivity contribution in [1.82, 2.24) is 0 Å². The van der Waals surface area contributed by atoms with Crippen molar-refractivity contribution in [2.75, 3.05) is 0 Å². The second-order valence-corrected chi connectivity index (χ2v) is 2.88. The highest BCUT2D eigenvalue weighted by molar-refractivity contribution is 14.1. The second kappa shape index (κ2) is 2.69. The molecule has 0 saturated carbocycles. The molecule has 0 amide bonds. The molecule has 5 heavy (non-hydrogen) atoms. The monoisotopic (exact) mass is 182 g/mol. The Morgan fingerprint density at radius 1 is 2.00 bits per heavy atom. The third kappa shape index (κ3) is 4.47. The van der Waals surface area contributed by atoms with Gasteiger partial charge >= 0.3 is 0 Å². The molecule has 0 aromatic rings. The quantitative estimate of drug-likeness (QED) is 0.330. The zero-order valence-corrected chi connectivity index (χ0v) is 5.40. The molecule has 0 aromatic carbocycles. The standard InChI is InChI=1S/C4H7I/c1-3-4(2)5/h3-4H,1H2,2H3/t4-/m1/s1. The van der Waals surface area contributed by atoms with Crippen LogP contribution in [0.4, 0.5) is 0 Å². The van der Waals surface area contributed by atoms with Crippen molar-refractivity contribution in [1.29, 1.82) is 0 Å². The van der Waals surface area contributed by atoms with Crippen molar-refractivity contribution in [3.63, 3.8) is 0 Å². The van der Waals surface area contributed by atoms with Gasteiger partial charge in [-0.05, 0) is 6.92 Å². The zero-order valence-electron chi connectivity index (χ0n) is 3.24. The molecular weight excluding hydrogens is 175 g/mol. The van der Waals surface area contributed by atoms with E-state index >= 15 is 0 Å². The Morgan fingerprint density at radius 3 is 2.20 bits per heavy atom. The predicted octanol–water partition coefficient (Wildman–Crippen LogP) is 2.00. The predicted molar refractivity (Wildman–Crippen MR) is 33.7 cm³/mol. The Bertz CT molecular complexity index is 30.6. The van der Waals surface area contributed by atoms with Crippen LogP contribution in [0.25, 0.3) is 0 Å². The van der Waals surface area contributed by atoms with Crippen molar-refractivity contribution in [3.8, 4) is 0 Å². The molecular formula is C4H7I. The van der Waals surface area contributed by atoms with Gasteiger partial charge in [0.1, 0.15) is 0 Å². The van der Waals surface area contributed by atoms with Gasteiger partial charge in [0.15, 0.2) is 0 Å². The molecule has 0 aliphatic carbocycles. The molecule has 0 unspecified atom stereocenters. The normalized spacial score (nSPS) is 14.0. The highest BCUT2D eigenvalue weighted by Gasteiger charge is 1.76. The second-order valence-electron chi connectivity index (χ2n) is 0.913. The maximum atomic E-state index is 3.55. The average Bonchev–Trinajstić information content (AvgIpc) is 1.38. The molecule has 0 nitrogen and oxygen atoms in total. The van der Waals surface area contributed by atoms with Crippen LogP contribution in [0, 0.1) is 0 Å². The van der Waals surface area contributed by atoms with Crippen LogP contribution in [0.5, 0.6) is 0 Å². The summed E-state index contributed by atoms with van der Waals surface area (Å²) >= 11 is 2.29. The number of allylic oxidation sites excluding steroid dienone is 1. The van der Waals surface area contributed by atoms with E-state index in [0.29, 0.717) is 3.92 Å². The number of halogens is 1. The minimum atomic E-state index is 0.618. The molecule has 0 aliphatic heterocycles. The third-order valence-electron chi connectivity index (χ3n) is 0.325. The summed E-state index contributed by atoms with van der Waals surface area (Å²) in [6.45, 7) is 5.64. The first kappa shape index (κ1) is 5.47. The summed E-state index contributed by atoms with van der Waals surface area (Å²) in [6, 6.07) is 0. The number of alkyl halides is 1. The van der Waals surface area contributed by atoms with Crippen molar-refractivity contribution in [2.45, 2.75) is 10.8 Å². The van der Waals surface area contributed by atoms with Crippen LogP contribution in [0.1, 0.15) is 6.92 Å². The van der Waals surface area contributed by atoms with Crippen LogP contribution in [0.15, 0.2) is 12.7 Å². The molecule has 30 valence electrons. The van der Waals surface area contributed by atoms with Gasteiger partial charge in [-0.15, -0.1) is 6.58 Å². The lowest BCUT2D eigenvalue weighted by Crippen LogP contribution is -1.73. The Morgan fingerprint density at radius 2 is 2.20 bits per heavy atom. The van der Waals surface area contributed by atoms with Crippen LogP contribution in [0.2, 0.25) is 0 Å². The van der Waals surface area contributed by atoms with Gasteiger partial charge < -0.3 is 0 Å². The molecule has 1 atom stereocenters. The molecule has 0 aliphatic rings. The fourth-order valence-corrected chi connectivity index (χ4v) is 0. The number of hydrogen-bond donors (Lipinski definition) is 0. The van der Waals surface area contributed by atoms with Crippen molar-refractivity contribution in [3.05, 3.63) is 12.7 Å². The number of hydrogen-bond acceptors (Lipinski definition) is 0. The summed E-state index contributed by atoms with van der Waals surface area (Å²) in [7, 11) is 0. The zero-order chi connectivity index (χ0) is 4.28. The Hall–Kier alpha value is 0.470. The van der Waals surface area contributed by atoms with E-state index in [0.717, 1.165) is 0 Å². The lowest BCUT2D eigenvalue weighted by molar-refractivity contribution is 1.31. The summed E-state index contributed by atoms with van der Waals surface area (Å²) in [6.07, 6.45) is 1.90. The van der Waals surface area contributed by atoms with Gasteiger partial charge in [-0.2, -0.15) is 0 Å². The van der Waals surface area contributed by atoms with E-state index < -0.39 is 0 Å². The van der Waals surface area contributed by atoms with Gasteiger partial charge in [-0.3, -0.25) is 0 Å². The maximum Gasteiger partial charge on any atom is 0.0258 e. The minimum Gasteiger partial charge on any atom is -0.102 e. The van der Waals surface area contributed by atoms with Gasteiger partial charge in [-0.25, -0.2) is 0 Å². The molecule has 0 heterocycles. The summed E-state index contributed by atoms with van der Waals surface area (Å²) in [4.78, 5) is 0. The van der Waals surface area contributed by atoms with Crippen LogP contribution in [-0.4, -0.2) is 3.92 Å². The lowest BCUT2D eigenvalue weighted by Gasteiger charge is -1.81. The van der Waals surface area contributed by atoms with Crippen molar-refractivity contribution < 1.29 is 0 Å². The van der Waals surface area contributed by atoms with E-state index in [9.17, 15) is 0 Å². The van der Waals surface area contributed by atoms with E-state index in [1.807, 2.05) is 6.08 Å². The fraction of sp³-hybridized carbons (Fsp3) is 0.500. The van der Waals surface area contributed by atoms with E-state index in [2.05, 4.69) is 36.1 Å². The average molecular weight is 182 g/mol. The first-order valence-electron chi connectivity index (χ1n) is 1.54. The van der Waals surface area contributed by atoms with Crippen LogP contribution in [-0.2, 0) is 0 Å². The largest absolute Gasteiger partial charge is 0.102 e. The summed E-state index contributed by atoms with van der Waals surface area (Å²) < 4.78 is 0.618. The molecule has 0 N–H and O–H groups in total. The maximum absolute atomic E-state index is 3.55. The number of rotatable bonds is 1. The molecule has 0 bridgehead atoms. The van der Waals surface area contributed by atoms with Crippen LogP contribution in [0.3, 0.4) is 0 Å². The molecule has 1 heteroatoms. The van der Waals surface area contributed by atoms with Crippen molar-refractivity contribution >= 4 is 22.6 Å². The van der Waals surface area contributed by atoms with E-state index in [4.69, 9.17) is 0 Å². The Kier molecular flexibility index (Phi) is 2.95.